The van der Waals surface area contributed by atoms with Crippen LogP contribution in [-0.2, 0) is 16.6 Å². The van der Waals surface area contributed by atoms with Crippen molar-refractivity contribution in [1.82, 2.24) is 4.90 Å². The third-order valence-electron chi connectivity index (χ3n) is 5.64. The highest BCUT2D eigenvalue weighted by Gasteiger charge is 2.25. The van der Waals surface area contributed by atoms with Crippen molar-refractivity contribution in [2.24, 2.45) is 0 Å². The highest BCUT2D eigenvalue weighted by atomic mass is 79.9. The van der Waals surface area contributed by atoms with Crippen LogP contribution < -0.4 is 9.04 Å². The highest BCUT2D eigenvalue weighted by Crippen LogP contribution is 2.29. The highest BCUT2D eigenvalue weighted by molar-refractivity contribution is 9.10. The third kappa shape index (κ3) is 6.07. The second-order valence-corrected chi connectivity index (χ2v) is 10.8. The summed E-state index contributed by atoms with van der Waals surface area (Å²) < 4.78 is 35.1. The molecule has 1 aliphatic rings. The van der Waals surface area contributed by atoms with Gasteiger partial charge in [0, 0.05) is 11.0 Å². The summed E-state index contributed by atoms with van der Waals surface area (Å²) in [5.41, 5.74) is 1.20. The standard InChI is InChI=1S/C25H27BrN2O4S/c26-21-6-12-25(13-7-21)33(30,31)28(19-20-4-3-5-23(29)18-20)22-8-10-24(11-9-22)32-17-16-27-14-1-2-15-27/h3-13,18,29H,1-2,14-17,19H2. The molecule has 0 aliphatic carbocycles. The van der Waals surface area contributed by atoms with Gasteiger partial charge in [-0.25, -0.2) is 8.42 Å². The van der Waals surface area contributed by atoms with E-state index in [1.165, 1.54) is 17.1 Å². The molecule has 1 saturated heterocycles. The van der Waals surface area contributed by atoms with Gasteiger partial charge in [-0.1, -0.05) is 28.1 Å². The van der Waals surface area contributed by atoms with E-state index in [1.807, 2.05) is 0 Å². The molecule has 3 aromatic carbocycles. The summed E-state index contributed by atoms with van der Waals surface area (Å²) in [6.07, 6.45) is 2.49. The first-order chi connectivity index (χ1) is 15.9. The molecule has 8 heteroatoms. The Labute approximate surface area is 203 Å². The molecular formula is C25H27BrN2O4S. The lowest BCUT2D eigenvalue weighted by Crippen LogP contribution is -2.30. The van der Waals surface area contributed by atoms with E-state index in [-0.39, 0.29) is 17.2 Å². The van der Waals surface area contributed by atoms with Gasteiger partial charge in [0.25, 0.3) is 10.0 Å². The van der Waals surface area contributed by atoms with E-state index in [4.69, 9.17) is 4.74 Å². The Morgan fingerprint density at radius 1 is 0.970 bits per heavy atom. The van der Waals surface area contributed by atoms with Crippen molar-refractivity contribution in [3.63, 3.8) is 0 Å². The van der Waals surface area contributed by atoms with Crippen molar-refractivity contribution in [3.05, 3.63) is 82.8 Å². The average molecular weight is 531 g/mol. The van der Waals surface area contributed by atoms with Crippen LogP contribution in [0.2, 0.25) is 0 Å². The molecule has 1 fully saturated rings. The predicted molar refractivity (Wildman–Crippen MR) is 133 cm³/mol. The van der Waals surface area contributed by atoms with Crippen LogP contribution >= 0.6 is 15.9 Å². The molecule has 0 atom stereocenters. The van der Waals surface area contributed by atoms with Crippen molar-refractivity contribution in [3.8, 4) is 11.5 Å². The Balaban J connectivity index is 1.56. The predicted octanol–water partition coefficient (Wildman–Crippen LogP) is 5.02. The topological polar surface area (TPSA) is 70.1 Å². The zero-order valence-electron chi connectivity index (χ0n) is 18.2. The van der Waals surface area contributed by atoms with Gasteiger partial charge in [0.2, 0.25) is 0 Å². The van der Waals surface area contributed by atoms with Gasteiger partial charge >= 0.3 is 0 Å². The minimum atomic E-state index is -3.84. The van der Waals surface area contributed by atoms with E-state index in [0.29, 0.717) is 23.6 Å². The smallest absolute Gasteiger partial charge is 0.264 e. The van der Waals surface area contributed by atoms with Crippen LogP contribution in [0.4, 0.5) is 5.69 Å². The summed E-state index contributed by atoms with van der Waals surface area (Å²) in [5, 5.41) is 9.85. The minimum absolute atomic E-state index is 0.0853. The molecule has 0 unspecified atom stereocenters. The Bertz CT molecular complexity index is 1160. The third-order valence-corrected chi connectivity index (χ3v) is 7.95. The molecule has 0 saturated carbocycles. The maximum Gasteiger partial charge on any atom is 0.264 e. The number of benzene rings is 3. The number of aromatic hydroxyl groups is 1. The number of hydrogen-bond donors (Lipinski definition) is 1. The van der Waals surface area contributed by atoms with Crippen LogP contribution in [0.1, 0.15) is 18.4 Å². The van der Waals surface area contributed by atoms with Gasteiger partial charge in [0.05, 0.1) is 17.1 Å². The molecule has 0 aromatic heterocycles. The number of phenols is 1. The number of likely N-dealkylation sites (tertiary alicyclic amines) is 1. The first-order valence-corrected chi connectivity index (χ1v) is 13.2. The molecule has 33 heavy (non-hydrogen) atoms. The van der Waals surface area contributed by atoms with Crippen LogP contribution in [0.3, 0.4) is 0 Å². The van der Waals surface area contributed by atoms with Gasteiger partial charge < -0.3 is 9.84 Å². The number of halogens is 1. The maximum atomic E-state index is 13.5. The molecule has 0 bridgehead atoms. The first kappa shape index (κ1) is 23.6. The fourth-order valence-electron chi connectivity index (χ4n) is 3.88. The number of phenolic OH excluding ortho intramolecular Hbond substituents is 1. The largest absolute Gasteiger partial charge is 0.508 e. The Kier molecular flexibility index (Phi) is 7.57. The molecule has 1 aliphatic heterocycles. The van der Waals surface area contributed by atoms with Gasteiger partial charge in [0.15, 0.2) is 0 Å². The maximum absolute atomic E-state index is 13.5. The fraction of sp³-hybridized carbons (Fsp3) is 0.280. The van der Waals surface area contributed by atoms with Crippen molar-refractivity contribution in [2.75, 3.05) is 30.5 Å². The first-order valence-electron chi connectivity index (χ1n) is 10.9. The molecule has 0 amide bonds. The van der Waals surface area contributed by atoms with Crippen molar-refractivity contribution in [1.29, 1.82) is 0 Å². The zero-order valence-corrected chi connectivity index (χ0v) is 20.6. The molecule has 1 heterocycles. The Hall–Kier alpha value is -2.55. The van der Waals surface area contributed by atoms with E-state index in [1.54, 1.807) is 72.8 Å². The van der Waals surface area contributed by atoms with Gasteiger partial charge in [-0.3, -0.25) is 9.21 Å². The normalized spacial score (nSPS) is 14.3. The van der Waals surface area contributed by atoms with Crippen molar-refractivity contribution < 1.29 is 18.3 Å². The summed E-state index contributed by atoms with van der Waals surface area (Å²) in [6.45, 7) is 3.83. The van der Waals surface area contributed by atoms with Crippen LogP contribution in [0.5, 0.6) is 11.5 Å². The van der Waals surface area contributed by atoms with Crippen LogP contribution in [0.25, 0.3) is 0 Å². The van der Waals surface area contributed by atoms with Crippen LogP contribution in [-0.4, -0.2) is 44.7 Å². The second kappa shape index (κ2) is 10.6. The van der Waals surface area contributed by atoms with E-state index in [2.05, 4.69) is 20.8 Å². The second-order valence-electron chi connectivity index (χ2n) is 8.03. The zero-order chi connectivity index (χ0) is 23.3. The molecule has 0 spiro atoms. The average Bonchev–Trinajstić information content (AvgIpc) is 3.32. The summed E-state index contributed by atoms with van der Waals surface area (Å²) in [4.78, 5) is 2.58. The Morgan fingerprint density at radius 2 is 1.67 bits per heavy atom. The number of sulfonamides is 1. The minimum Gasteiger partial charge on any atom is -0.508 e. The number of rotatable bonds is 9. The molecule has 3 aromatic rings. The molecule has 4 rings (SSSR count). The summed E-state index contributed by atoms with van der Waals surface area (Å²) in [5.74, 6) is 0.798. The van der Waals surface area contributed by atoms with E-state index < -0.39 is 10.0 Å². The van der Waals surface area contributed by atoms with Gasteiger partial charge in [-0.2, -0.15) is 0 Å². The number of ether oxygens (including phenoxy) is 1. The van der Waals surface area contributed by atoms with Crippen molar-refractivity contribution in [2.45, 2.75) is 24.3 Å². The fourth-order valence-corrected chi connectivity index (χ4v) is 5.59. The summed E-state index contributed by atoms with van der Waals surface area (Å²) in [6, 6.07) is 20.3. The monoisotopic (exact) mass is 530 g/mol. The molecule has 174 valence electrons. The number of nitrogens with zero attached hydrogens (tertiary/aromatic N) is 2. The van der Waals surface area contributed by atoms with E-state index >= 15 is 0 Å². The van der Waals surface area contributed by atoms with Gasteiger partial charge in [-0.05, 0) is 92.2 Å². The summed E-state index contributed by atoms with van der Waals surface area (Å²) in [7, 11) is -3.84. The SMILES string of the molecule is O=S(=O)(c1ccc(Br)cc1)N(Cc1cccc(O)c1)c1ccc(OCCN2CCCC2)cc1. The van der Waals surface area contributed by atoms with E-state index in [0.717, 1.165) is 24.1 Å². The van der Waals surface area contributed by atoms with Gasteiger partial charge in [0.1, 0.15) is 18.1 Å². The lowest BCUT2D eigenvalue weighted by molar-refractivity contribution is 0.238. The van der Waals surface area contributed by atoms with Gasteiger partial charge in [-0.15, -0.1) is 0 Å². The number of hydrogen-bond acceptors (Lipinski definition) is 5. The van der Waals surface area contributed by atoms with Crippen LogP contribution in [0, 0.1) is 0 Å². The Morgan fingerprint density at radius 3 is 2.33 bits per heavy atom. The number of anilines is 1. The molecule has 6 nitrogen and oxygen atoms in total. The summed E-state index contributed by atoms with van der Waals surface area (Å²) >= 11 is 3.35. The van der Waals surface area contributed by atoms with Crippen molar-refractivity contribution >= 4 is 31.6 Å². The lowest BCUT2D eigenvalue weighted by Gasteiger charge is -2.25. The molecule has 0 radical (unpaired) electrons. The lowest BCUT2D eigenvalue weighted by atomic mass is 10.2. The van der Waals surface area contributed by atoms with Crippen LogP contribution in [0.15, 0.2) is 82.2 Å². The molecular weight excluding hydrogens is 504 g/mol. The quantitative estimate of drug-likeness (QED) is 0.420. The van der Waals surface area contributed by atoms with E-state index in [9.17, 15) is 13.5 Å². The molecule has 1 N–H and O–H groups in total.